The van der Waals surface area contributed by atoms with E-state index in [-0.39, 0.29) is 17.5 Å². The lowest BCUT2D eigenvalue weighted by Gasteiger charge is -2.16. The molecule has 0 saturated heterocycles. The maximum atomic E-state index is 13.4. The average molecular weight is 340 g/mol. The molecule has 1 aromatic carbocycles. The van der Waals surface area contributed by atoms with E-state index in [1.165, 1.54) is 4.68 Å². The van der Waals surface area contributed by atoms with Crippen LogP contribution in [0.15, 0.2) is 23.0 Å². The van der Waals surface area contributed by atoms with Gasteiger partial charge >= 0.3 is 6.18 Å². The number of hydrogen-bond acceptors (Lipinski definition) is 1. The fraction of sp³-hybridized carbons (Fsp3) is 0.471. The molecule has 128 valence electrons. The molecular formula is C17H16F4N2O. The van der Waals surface area contributed by atoms with E-state index in [4.69, 9.17) is 0 Å². The number of halogens is 4. The summed E-state index contributed by atoms with van der Waals surface area (Å²) >= 11 is 0. The Morgan fingerprint density at radius 2 is 1.71 bits per heavy atom. The van der Waals surface area contributed by atoms with Crippen LogP contribution in [0.3, 0.4) is 0 Å². The predicted molar refractivity (Wildman–Crippen MR) is 79.9 cm³/mol. The van der Waals surface area contributed by atoms with Gasteiger partial charge in [0.15, 0.2) is 0 Å². The maximum absolute atomic E-state index is 13.4. The Bertz CT molecular complexity index is 870. The highest BCUT2D eigenvalue weighted by molar-refractivity contribution is 5.45. The number of nitrogens with zero attached hydrogens (tertiary/aromatic N) is 2. The van der Waals surface area contributed by atoms with Crippen molar-refractivity contribution >= 4 is 0 Å². The Kier molecular flexibility index (Phi) is 3.21. The zero-order chi connectivity index (χ0) is 17.2. The lowest BCUT2D eigenvalue weighted by Crippen LogP contribution is -2.24. The molecule has 4 rings (SSSR count). The molecule has 0 atom stereocenters. The highest BCUT2D eigenvalue weighted by Crippen LogP contribution is 2.48. The fourth-order valence-corrected chi connectivity index (χ4v) is 3.43. The van der Waals surface area contributed by atoms with Crippen LogP contribution in [-0.2, 0) is 13.2 Å². The normalized spacial score (nSPS) is 18.2. The number of hydrogen-bond donors (Lipinski definition) is 0. The molecule has 2 aromatic rings. The standard InChI is InChI=1S/C17H16F4N2O/c1-22-15(10-4-5-10)14(9-2-3-9)16(24)23(22)13-7-6-11(18)8-12(13)17(19,20)21/h6-10H,2-5H2,1H3. The van der Waals surface area contributed by atoms with Crippen molar-refractivity contribution in [3.8, 4) is 5.69 Å². The quantitative estimate of drug-likeness (QED) is 0.773. The molecule has 0 spiro atoms. The Morgan fingerprint density at radius 1 is 1.08 bits per heavy atom. The van der Waals surface area contributed by atoms with E-state index in [1.807, 2.05) is 0 Å². The molecule has 2 fully saturated rings. The van der Waals surface area contributed by atoms with E-state index in [0.717, 1.165) is 48.2 Å². The second-order valence-electron chi connectivity index (χ2n) is 6.65. The molecule has 3 nitrogen and oxygen atoms in total. The lowest BCUT2D eigenvalue weighted by molar-refractivity contribution is -0.137. The summed E-state index contributed by atoms with van der Waals surface area (Å²) in [6, 6.07) is 2.44. The second kappa shape index (κ2) is 4.97. The molecule has 1 heterocycles. The summed E-state index contributed by atoms with van der Waals surface area (Å²) in [5.41, 5.74) is -0.350. The van der Waals surface area contributed by atoms with Gasteiger partial charge in [-0.25, -0.2) is 9.07 Å². The van der Waals surface area contributed by atoms with Gasteiger partial charge in [-0.15, -0.1) is 0 Å². The van der Waals surface area contributed by atoms with Gasteiger partial charge in [0.25, 0.3) is 5.56 Å². The van der Waals surface area contributed by atoms with Gasteiger partial charge in [0.1, 0.15) is 5.82 Å². The van der Waals surface area contributed by atoms with Crippen molar-refractivity contribution < 1.29 is 17.6 Å². The molecule has 0 amide bonds. The minimum atomic E-state index is -4.74. The predicted octanol–water partition coefficient (Wildman–Crippen LogP) is 4.09. The van der Waals surface area contributed by atoms with E-state index in [9.17, 15) is 22.4 Å². The van der Waals surface area contributed by atoms with E-state index in [1.54, 1.807) is 7.05 Å². The van der Waals surface area contributed by atoms with Crippen molar-refractivity contribution in [1.29, 1.82) is 0 Å². The van der Waals surface area contributed by atoms with Crippen LogP contribution in [0.1, 0.15) is 54.3 Å². The van der Waals surface area contributed by atoms with Crippen LogP contribution in [0.25, 0.3) is 5.69 Å². The molecule has 0 bridgehead atoms. The first-order valence-corrected chi connectivity index (χ1v) is 7.98. The Hall–Kier alpha value is -2.05. The molecule has 2 aliphatic carbocycles. The highest BCUT2D eigenvalue weighted by atomic mass is 19.4. The summed E-state index contributed by atoms with van der Waals surface area (Å²) < 4.78 is 56.0. The molecule has 24 heavy (non-hydrogen) atoms. The van der Waals surface area contributed by atoms with E-state index < -0.39 is 23.1 Å². The van der Waals surface area contributed by atoms with Crippen molar-refractivity contribution in [3.63, 3.8) is 0 Å². The number of benzene rings is 1. The molecule has 0 unspecified atom stereocenters. The van der Waals surface area contributed by atoms with E-state index in [0.29, 0.717) is 11.6 Å². The van der Waals surface area contributed by atoms with Crippen molar-refractivity contribution in [3.05, 3.63) is 51.2 Å². The third-order valence-corrected chi connectivity index (χ3v) is 4.79. The molecular weight excluding hydrogens is 324 g/mol. The van der Waals surface area contributed by atoms with Crippen LogP contribution in [0.5, 0.6) is 0 Å². The molecule has 0 radical (unpaired) electrons. The van der Waals surface area contributed by atoms with Gasteiger partial charge in [0.05, 0.1) is 11.3 Å². The molecule has 0 aliphatic heterocycles. The highest BCUT2D eigenvalue weighted by Gasteiger charge is 2.41. The van der Waals surface area contributed by atoms with Crippen molar-refractivity contribution in [2.24, 2.45) is 7.05 Å². The first-order chi connectivity index (χ1) is 11.3. The number of rotatable bonds is 3. The third kappa shape index (κ3) is 2.37. The molecule has 1 aromatic heterocycles. The molecule has 0 N–H and O–H groups in total. The van der Waals surface area contributed by atoms with Gasteiger partial charge in [-0.1, -0.05) is 0 Å². The SMILES string of the molecule is Cn1c(C2CC2)c(C2CC2)c(=O)n1-c1ccc(F)cc1C(F)(F)F. The Morgan fingerprint density at radius 3 is 2.25 bits per heavy atom. The van der Waals surface area contributed by atoms with Crippen LogP contribution in [-0.4, -0.2) is 9.36 Å². The van der Waals surface area contributed by atoms with Crippen LogP contribution >= 0.6 is 0 Å². The zero-order valence-corrected chi connectivity index (χ0v) is 13.0. The van der Waals surface area contributed by atoms with Crippen LogP contribution < -0.4 is 5.56 Å². The molecule has 7 heteroatoms. The summed E-state index contributed by atoms with van der Waals surface area (Å²) in [6.45, 7) is 0. The smallest absolute Gasteiger partial charge is 0.284 e. The third-order valence-electron chi connectivity index (χ3n) is 4.79. The van der Waals surface area contributed by atoms with E-state index in [2.05, 4.69) is 0 Å². The minimum Gasteiger partial charge on any atom is -0.284 e. The van der Waals surface area contributed by atoms with Crippen molar-refractivity contribution in [1.82, 2.24) is 9.36 Å². The summed E-state index contributed by atoms with van der Waals surface area (Å²) in [5, 5.41) is 0. The summed E-state index contributed by atoms with van der Waals surface area (Å²) in [4.78, 5) is 12.9. The largest absolute Gasteiger partial charge is 0.418 e. The van der Waals surface area contributed by atoms with Gasteiger partial charge < -0.3 is 0 Å². The lowest BCUT2D eigenvalue weighted by atomic mass is 10.1. The van der Waals surface area contributed by atoms with Gasteiger partial charge in [-0.3, -0.25) is 9.48 Å². The van der Waals surface area contributed by atoms with Crippen LogP contribution in [0, 0.1) is 5.82 Å². The fourth-order valence-electron chi connectivity index (χ4n) is 3.43. The summed E-state index contributed by atoms with van der Waals surface area (Å²) in [5.74, 6) is -0.581. The monoisotopic (exact) mass is 340 g/mol. The van der Waals surface area contributed by atoms with Gasteiger partial charge in [0, 0.05) is 24.2 Å². The van der Waals surface area contributed by atoms with Crippen LogP contribution in [0.2, 0.25) is 0 Å². The first-order valence-electron chi connectivity index (χ1n) is 7.98. The number of aromatic nitrogens is 2. The topological polar surface area (TPSA) is 26.9 Å². The molecule has 2 saturated carbocycles. The summed E-state index contributed by atoms with van der Waals surface area (Å²) in [6.07, 6.45) is -1.04. The Labute approximate surface area is 135 Å². The van der Waals surface area contributed by atoms with Gasteiger partial charge in [0.2, 0.25) is 0 Å². The Balaban J connectivity index is 1.99. The summed E-state index contributed by atoms with van der Waals surface area (Å²) in [7, 11) is 1.62. The van der Waals surface area contributed by atoms with Gasteiger partial charge in [-0.2, -0.15) is 13.2 Å². The van der Waals surface area contributed by atoms with Crippen molar-refractivity contribution in [2.75, 3.05) is 0 Å². The molecule has 2 aliphatic rings. The maximum Gasteiger partial charge on any atom is 0.418 e. The number of alkyl halides is 3. The van der Waals surface area contributed by atoms with Gasteiger partial charge in [-0.05, 0) is 49.8 Å². The first kappa shape index (κ1) is 15.5. The minimum absolute atomic E-state index is 0.148. The van der Waals surface area contributed by atoms with Crippen LogP contribution in [0.4, 0.5) is 17.6 Å². The van der Waals surface area contributed by atoms with Crippen molar-refractivity contribution in [2.45, 2.75) is 43.7 Å². The average Bonchev–Trinajstić information content (AvgIpc) is 3.38. The zero-order valence-electron chi connectivity index (χ0n) is 13.0. The van der Waals surface area contributed by atoms with E-state index >= 15 is 0 Å². The second-order valence-corrected chi connectivity index (χ2v) is 6.65.